The van der Waals surface area contributed by atoms with Gasteiger partial charge in [-0.3, -0.25) is 29.5 Å². The molecule has 12 nitrogen and oxygen atoms in total. The molecule has 0 spiro atoms. The second-order valence-corrected chi connectivity index (χ2v) is 4.46. The number of nitrogens with two attached hydrogens (primary N) is 1. The largest absolute Gasteiger partial charge is 0.480 e. The molecule has 0 saturated carbocycles. The molecule has 1 atom stereocenters. The van der Waals surface area contributed by atoms with E-state index in [1.807, 2.05) is 4.98 Å². The van der Waals surface area contributed by atoms with E-state index in [9.17, 15) is 19.2 Å². The highest BCUT2D eigenvalue weighted by atomic mass is 16.4. The maximum absolute atomic E-state index is 10.9. The van der Waals surface area contributed by atoms with Gasteiger partial charge < -0.3 is 15.8 Å². The van der Waals surface area contributed by atoms with E-state index in [1.54, 1.807) is 6.20 Å². The lowest BCUT2D eigenvalue weighted by Crippen LogP contribution is -2.32. The van der Waals surface area contributed by atoms with E-state index >= 15 is 0 Å². The van der Waals surface area contributed by atoms with Gasteiger partial charge in [-0.2, -0.15) is 0 Å². The van der Waals surface area contributed by atoms with Gasteiger partial charge in [0.1, 0.15) is 17.2 Å². The Balaban J connectivity index is 0.000000168. The summed E-state index contributed by atoms with van der Waals surface area (Å²) in [5.41, 5.74) is 4.34. The van der Waals surface area contributed by atoms with Crippen molar-refractivity contribution in [2.75, 3.05) is 0 Å². The number of nitrogens with one attached hydrogen (secondary N) is 5. The monoisotopic (exact) mass is 323 g/mol. The van der Waals surface area contributed by atoms with E-state index in [1.165, 1.54) is 6.33 Å². The van der Waals surface area contributed by atoms with Crippen molar-refractivity contribution in [2.24, 2.45) is 5.73 Å². The molecule has 3 heterocycles. The summed E-state index contributed by atoms with van der Waals surface area (Å²) in [7, 11) is 0. The Hall–Kier alpha value is -3.41. The van der Waals surface area contributed by atoms with Crippen LogP contribution in [-0.4, -0.2) is 47.0 Å². The smallest absolute Gasteiger partial charge is 0.327 e. The number of aliphatic carboxylic acids is 1. The van der Waals surface area contributed by atoms with Gasteiger partial charge in [0, 0.05) is 18.3 Å². The van der Waals surface area contributed by atoms with Crippen molar-refractivity contribution >= 4 is 17.1 Å². The van der Waals surface area contributed by atoms with Crippen molar-refractivity contribution < 1.29 is 9.90 Å². The second-order valence-electron chi connectivity index (χ2n) is 4.46. The summed E-state index contributed by atoms with van der Waals surface area (Å²) >= 11 is 0. The summed E-state index contributed by atoms with van der Waals surface area (Å²) in [6.45, 7) is 0. The third kappa shape index (κ3) is 4.04. The number of fused-ring (bicyclic) bond motifs is 1. The molecule has 3 aromatic heterocycles. The van der Waals surface area contributed by atoms with Crippen molar-refractivity contribution in [3.63, 3.8) is 0 Å². The summed E-state index contributed by atoms with van der Waals surface area (Å²) in [5.74, 6) is -1.00. The van der Waals surface area contributed by atoms with E-state index in [0.29, 0.717) is 0 Å². The maximum atomic E-state index is 10.9. The Morgan fingerprint density at radius 2 is 1.83 bits per heavy atom. The van der Waals surface area contributed by atoms with Crippen LogP contribution in [-0.2, 0) is 11.2 Å². The topological polar surface area (TPSA) is 206 Å². The fraction of sp³-hybridized carbons (Fsp3) is 0.182. The van der Waals surface area contributed by atoms with E-state index in [4.69, 9.17) is 10.8 Å². The summed E-state index contributed by atoms with van der Waals surface area (Å²) in [6, 6.07) is -0.851. The third-order valence-corrected chi connectivity index (χ3v) is 2.73. The first-order chi connectivity index (χ1) is 10.9. The predicted molar refractivity (Wildman–Crippen MR) is 78.1 cm³/mol. The Morgan fingerprint density at radius 1 is 1.17 bits per heavy atom. The van der Waals surface area contributed by atoms with Crippen molar-refractivity contribution in [1.82, 2.24) is 29.9 Å². The molecule has 3 rings (SSSR count). The van der Waals surface area contributed by atoms with Gasteiger partial charge in [-0.25, -0.2) is 14.6 Å². The number of rotatable bonds is 3. The van der Waals surface area contributed by atoms with Crippen LogP contribution in [0.15, 0.2) is 26.9 Å². The molecule has 0 aliphatic carbocycles. The van der Waals surface area contributed by atoms with Crippen LogP contribution >= 0.6 is 0 Å². The van der Waals surface area contributed by atoms with Crippen LogP contribution in [0.1, 0.15) is 5.69 Å². The zero-order valence-corrected chi connectivity index (χ0v) is 11.5. The zero-order chi connectivity index (χ0) is 17.0. The number of H-pyrrole nitrogens is 5. The number of aromatic amines is 5. The standard InChI is InChI=1S/C6H9N3O2.C5H4N4O3/c7-5(6(10)11)1-4-2-8-3-9-4;10-3-1-2(7-4(11)6-1)8-5(12)9-3/h2-3,5H,1,7H2,(H,8,9)(H,10,11);(H4,6,7,8,9,10,11,12)/t5-;/m0./s1. The predicted octanol–water partition coefficient (Wildman–Crippen LogP) is -2.40. The lowest BCUT2D eigenvalue weighted by molar-refractivity contribution is -0.138. The first-order valence-corrected chi connectivity index (χ1v) is 6.27. The minimum atomic E-state index is -1.00. The van der Waals surface area contributed by atoms with E-state index in [0.717, 1.165) is 5.69 Å². The van der Waals surface area contributed by atoms with Crippen LogP contribution in [0.2, 0.25) is 0 Å². The van der Waals surface area contributed by atoms with E-state index in [2.05, 4.69) is 24.9 Å². The normalized spacial score (nSPS) is 11.7. The number of carboxylic acid groups (broad SMARTS) is 1. The summed E-state index contributed by atoms with van der Waals surface area (Å²) in [4.78, 5) is 57.8. The fourth-order valence-electron chi connectivity index (χ4n) is 1.68. The number of nitrogens with zero attached hydrogens (tertiary/aromatic N) is 1. The Morgan fingerprint density at radius 3 is 2.39 bits per heavy atom. The van der Waals surface area contributed by atoms with Crippen molar-refractivity contribution in [2.45, 2.75) is 12.5 Å². The molecule has 8 N–H and O–H groups in total. The SMILES string of the molecule is N[C@@H](Cc1cnc[nH]1)C(=O)O.O=c1[nH]c(=O)c2[nH]c(=O)[nH]c2[nH]1. The molecule has 0 aliphatic rings. The van der Waals surface area contributed by atoms with Gasteiger partial charge in [0.2, 0.25) is 0 Å². The number of carbonyl (C=O) groups is 1. The number of imidazole rings is 2. The third-order valence-electron chi connectivity index (χ3n) is 2.73. The molecule has 0 saturated heterocycles. The molecule has 12 heteroatoms. The van der Waals surface area contributed by atoms with Gasteiger partial charge in [0.05, 0.1) is 6.33 Å². The molecule has 122 valence electrons. The van der Waals surface area contributed by atoms with Crippen molar-refractivity contribution in [3.8, 4) is 0 Å². The second kappa shape index (κ2) is 6.57. The molecule has 0 radical (unpaired) electrons. The number of carboxylic acids is 1. The number of hydrogen-bond donors (Lipinski definition) is 7. The summed E-state index contributed by atoms with van der Waals surface area (Å²) in [5, 5.41) is 8.42. The number of hydrogen-bond acceptors (Lipinski definition) is 6. The highest BCUT2D eigenvalue weighted by molar-refractivity contribution is 5.73. The lowest BCUT2D eigenvalue weighted by atomic mass is 10.2. The van der Waals surface area contributed by atoms with Gasteiger partial charge in [-0.1, -0.05) is 0 Å². The average molecular weight is 323 g/mol. The highest BCUT2D eigenvalue weighted by Gasteiger charge is 2.12. The van der Waals surface area contributed by atoms with Gasteiger partial charge in [0.15, 0.2) is 0 Å². The van der Waals surface area contributed by atoms with Crippen molar-refractivity contribution in [1.29, 1.82) is 0 Å². The van der Waals surface area contributed by atoms with Gasteiger partial charge in [-0.05, 0) is 0 Å². The Bertz CT molecular complexity index is 961. The minimum absolute atomic E-state index is 0.0413. The molecule has 0 aliphatic heterocycles. The molecule has 23 heavy (non-hydrogen) atoms. The molecular weight excluding hydrogens is 310 g/mol. The van der Waals surface area contributed by atoms with Gasteiger partial charge in [0.25, 0.3) is 5.56 Å². The lowest BCUT2D eigenvalue weighted by Gasteiger charge is -2.02. The van der Waals surface area contributed by atoms with Crippen LogP contribution in [0.5, 0.6) is 0 Å². The molecule has 0 bridgehead atoms. The van der Waals surface area contributed by atoms with Crippen LogP contribution < -0.4 is 22.7 Å². The molecule has 0 fully saturated rings. The van der Waals surface area contributed by atoms with Crippen LogP contribution in [0, 0.1) is 0 Å². The van der Waals surface area contributed by atoms with E-state index in [-0.39, 0.29) is 17.6 Å². The highest BCUT2D eigenvalue weighted by Crippen LogP contribution is 1.95. The molecule has 3 aromatic rings. The Labute approximate surface area is 125 Å². The Kier molecular flexibility index (Phi) is 4.56. The zero-order valence-electron chi connectivity index (χ0n) is 11.5. The number of aromatic nitrogens is 6. The molecule has 0 unspecified atom stereocenters. The maximum Gasteiger partial charge on any atom is 0.327 e. The quantitative estimate of drug-likeness (QED) is 0.277. The van der Waals surface area contributed by atoms with Gasteiger partial charge >= 0.3 is 17.3 Å². The molecule has 0 aromatic carbocycles. The van der Waals surface area contributed by atoms with Crippen LogP contribution in [0.3, 0.4) is 0 Å². The van der Waals surface area contributed by atoms with Crippen LogP contribution in [0.4, 0.5) is 0 Å². The van der Waals surface area contributed by atoms with Crippen molar-refractivity contribution in [3.05, 3.63) is 49.5 Å². The average Bonchev–Trinajstić information content (AvgIpc) is 3.08. The first-order valence-electron chi connectivity index (χ1n) is 6.27. The molecular formula is C11H13N7O5. The summed E-state index contributed by atoms with van der Waals surface area (Å²) in [6.07, 6.45) is 3.34. The van der Waals surface area contributed by atoms with E-state index < -0.39 is 28.9 Å². The first kappa shape index (κ1) is 16.0. The fourth-order valence-corrected chi connectivity index (χ4v) is 1.68. The summed E-state index contributed by atoms with van der Waals surface area (Å²) < 4.78 is 0. The minimum Gasteiger partial charge on any atom is -0.480 e. The van der Waals surface area contributed by atoms with Crippen LogP contribution in [0.25, 0.3) is 11.2 Å². The van der Waals surface area contributed by atoms with Gasteiger partial charge in [-0.15, -0.1) is 0 Å². The molecule has 0 amide bonds.